The van der Waals surface area contributed by atoms with Crippen molar-refractivity contribution in [1.29, 1.82) is 0 Å². The molecular formula is C10H14ClN3. The normalized spacial score (nSPS) is 11.4. The zero-order valence-electron chi connectivity index (χ0n) is 8.63. The summed E-state index contributed by atoms with van der Waals surface area (Å²) >= 11 is 5.85. The largest absolute Gasteiger partial charge is 0.321 e. The number of nitrogens with one attached hydrogen (secondary N) is 1. The van der Waals surface area contributed by atoms with Gasteiger partial charge in [0.1, 0.15) is 11.0 Å². The molecule has 0 aliphatic rings. The van der Waals surface area contributed by atoms with Crippen LogP contribution < -0.4 is 5.32 Å². The lowest BCUT2D eigenvalue weighted by atomic mass is 10.1. The van der Waals surface area contributed by atoms with Crippen molar-refractivity contribution in [3.05, 3.63) is 17.2 Å². The van der Waals surface area contributed by atoms with Gasteiger partial charge in [0.05, 0.1) is 18.3 Å². The van der Waals surface area contributed by atoms with Gasteiger partial charge in [0, 0.05) is 7.05 Å². The summed E-state index contributed by atoms with van der Waals surface area (Å²) in [7, 11) is 1.87. The standard InChI is InChI=1S/C10H14ClN3/c1-5-10(2,3)13-7-9-12-6-8(11)14(9)4/h1,6,13H,7H2,2-4H3. The lowest BCUT2D eigenvalue weighted by molar-refractivity contribution is 0.476. The minimum absolute atomic E-state index is 0.321. The third kappa shape index (κ3) is 2.50. The summed E-state index contributed by atoms with van der Waals surface area (Å²) in [5.41, 5.74) is -0.321. The van der Waals surface area contributed by atoms with Crippen LogP contribution in [0.4, 0.5) is 0 Å². The highest BCUT2D eigenvalue weighted by molar-refractivity contribution is 6.29. The number of imidazole rings is 1. The molecule has 0 atom stereocenters. The lowest BCUT2D eigenvalue weighted by Crippen LogP contribution is -2.37. The Balaban J connectivity index is 2.64. The highest BCUT2D eigenvalue weighted by Gasteiger charge is 2.14. The number of aromatic nitrogens is 2. The topological polar surface area (TPSA) is 29.9 Å². The molecule has 14 heavy (non-hydrogen) atoms. The number of nitrogens with zero attached hydrogens (tertiary/aromatic N) is 2. The van der Waals surface area contributed by atoms with Gasteiger partial charge in [-0.1, -0.05) is 17.5 Å². The van der Waals surface area contributed by atoms with Crippen molar-refractivity contribution in [3.8, 4) is 12.3 Å². The Morgan fingerprint density at radius 3 is 2.79 bits per heavy atom. The molecule has 4 heteroatoms. The molecule has 0 saturated heterocycles. The van der Waals surface area contributed by atoms with Gasteiger partial charge in [-0.15, -0.1) is 6.42 Å². The summed E-state index contributed by atoms with van der Waals surface area (Å²) in [5.74, 6) is 3.53. The fourth-order valence-electron chi connectivity index (χ4n) is 0.940. The SMILES string of the molecule is C#CC(C)(C)NCc1ncc(Cl)n1C. The van der Waals surface area contributed by atoms with Gasteiger partial charge in [0.25, 0.3) is 0 Å². The van der Waals surface area contributed by atoms with Crippen molar-refractivity contribution in [3.63, 3.8) is 0 Å². The van der Waals surface area contributed by atoms with Crippen LogP contribution in [0.25, 0.3) is 0 Å². The first kappa shape index (κ1) is 11.1. The summed E-state index contributed by atoms with van der Waals surface area (Å²) in [5, 5.41) is 3.83. The van der Waals surface area contributed by atoms with E-state index in [1.165, 1.54) is 0 Å². The van der Waals surface area contributed by atoms with Gasteiger partial charge in [0.15, 0.2) is 0 Å². The quantitative estimate of drug-likeness (QED) is 0.770. The molecule has 1 aromatic rings. The van der Waals surface area contributed by atoms with Crippen LogP contribution in [0.1, 0.15) is 19.7 Å². The first-order chi connectivity index (χ1) is 6.46. The molecule has 0 fully saturated rings. The van der Waals surface area contributed by atoms with E-state index < -0.39 is 0 Å². The number of halogens is 1. The maximum absolute atomic E-state index is 5.85. The van der Waals surface area contributed by atoms with Crippen LogP contribution in [-0.2, 0) is 13.6 Å². The fraction of sp³-hybridized carbons (Fsp3) is 0.500. The molecule has 0 amide bonds. The highest BCUT2D eigenvalue weighted by Crippen LogP contribution is 2.09. The van der Waals surface area contributed by atoms with E-state index in [0.717, 1.165) is 5.82 Å². The first-order valence-corrected chi connectivity index (χ1v) is 4.73. The predicted octanol–water partition coefficient (Wildman–Crippen LogP) is 1.57. The summed E-state index contributed by atoms with van der Waals surface area (Å²) in [6, 6.07) is 0. The molecule has 0 aliphatic carbocycles. The minimum Gasteiger partial charge on any atom is -0.321 e. The highest BCUT2D eigenvalue weighted by atomic mass is 35.5. The van der Waals surface area contributed by atoms with Crippen LogP contribution in [-0.4, -0.2) is 15.1 Å². The average Bonchev–Trinajstić information content (AvgIpc) is 2.45. The monoisotopic (exact) mass is 211 g/mol. The minimum atomic E-state index is -0.321. The van der Waals surface area contributed by atoms with Crippen LogP contribution in [0.15, 0.2) is 6.20 Å². The number of rotatable bonds is 3. The molecule has 0 unspecified atom stereocenters. The molecule has 0 saturated carbocycles. The van der Waals surface area contributed by atoms with Crippen LogP contribution in [0.2, 0.25) is 5.15 Å². The van der Waals surface area contributed by atoms with Crippen LogP contribution in [0.5, 0.6) is 0 Å². The molecular weight excluding hydrogens is 198 g/mol. The third-order valence-corrected chi connectivity index (χ3v) is 2.43. The molecule has 0 spiro atoms. The van der Waals surface area contributed by atoms with E-state index in [1.807, 2.05) is 25.5 Å². The van der Waals surface area contributed by atoms with Crippen molar-refractivity contribution in [2.24, 2.45) is 7.05 Å². The Kier molecular flexibility index (Phi) is 3.20. The number of terminal acetylenes is 1. The summed E-state index contributed by atoms with van der Waals surface area (Å²) in [6.07, 6.45) is 6.97. The second-order valence-corrected chi connectivity index (χ2v) is 4.07. The van der Waals surface area contributed by atoms with E-state index in [0.29, 0.717) is 11.7 Å². The summed E-state index contributed by atoms with van der Waals surface area (Å²) in [6.45, 7) is 4.50. The molecule has 3 nitrogen and oxygen atoms in total. The summed E-state index contributed by atoms with van der Waals surface area (Å²) in [4.78, 5) is 4.15. The molecule has 1 heterocycles. The van der Waals surface area contributed by atoms with Crippen LogP contribution in [0.3, 0.4) is 0 Å². The lowest BCUT2D eigenvalue weighted by Gasteiger charge is -2.19. The van der Waals surface area contributed by atoms with Crippen LogP contribution >= 0.6 is 11.6 Å². The fourth-order valence-corrected chi connectivity index (χ4v) is 1.09. The molecule has 0 aromatic carbocycles. The van der Waals surface area contributed by atoms with Crippen molar-refractivity contribution in [2.45, 2.75) is 25.9 Å². The maximum atomic E-state index is 5.85. The van der Waals surface area contributed by atoms with Crippen molar-refractivity contribution < 1.29 is 0 Å². The van der Waals surface area contributed by atoms with E-state index in [9.17, 15) is 0 Å². The van der Waals surface area contributed by atoms with Crippen LogP contribution in [0, 0.1) is 12.3 Å². The third-order valence-electron chi connectivity index (χ3n) is 2.08. The second kappa shape index (κ2) is 4.04. The molecule has 0 bridgehead atoms. The Morgan fingerprint density at radius 1 is 1.71 bits per heavy atom. The van der Waals surface area contributed by atoms with E-state index in [1.54, 1.807) is 6.20 Å². The Bertz CT molecular complexity index is 360. The van der Waals surface area contributed by atoms with Gasteiger partial charge in [-0.05, 0) is 13.8 Å². The second-order valence-electron chi connectivity index (χ2n) is 3.68. The maximum Gasteiger partial charge on any atom is 0.128 e. The zero-order chi connectivity index (χ0) is 10.8. The van der Waals surface area contributed by atoms with Gasteiger partial charge >= 0.3 is 0 Å². The van der Waals surface area contributed by atoms with E-state index >= 15 is 0 Å². The van der Waals surface area contributed by atoms with Crippen molar-refractivity contribution in [2.75, 3.05) is 0 Å². The van der Waals surface area contributed by atoms with Gasteiger partial charge in [-0.25, -0.2) is 4.98 Å². The van der Waals surface area contributed by atoms with Gasteiger partial charge in [-0.3, -0.25) is 5.32 Å². The van der Waals surface area contributed by atoms with Crippen molar-refractivity contribution in [1.82, 2.24) is 14.9 Å². The zero-order valence-corrected chi connectivity index (χ0v) is 9.39. The molecule has 1 rings (SSSR count). The smallest absolute Gasteiger partial charge is 0.128 e. The summed E-state index contributed by atoms with van der Waals surface area (Å²) < 4.78 is 1.82. The van der Waals surface area contributed by atoms with Gasteiger partial charge < -0.3 is 4.57 Å². The van der Waals surface area contributed by atoms with Gasteiger partial charge in [-0.2, -0.15) is 0 Å². The van der Waals surface area contributed by atoms with Gasteiger partial charge in [0.2, 0.25) is 0 Å². The van der Waals surface area contributed by atoms with Crippen molar-refractivity contribution >= 4 is 11.6 Å². The molecule has 0 aliphatic heterocycles. The molecule has 76 valence electrons. The van der Waals surface area contributed by atoms with E-state index in [4.69, 9.17) is 18.0 Å². The van der Waals surface area contributed by atoms with E-state index in [-0.39, 0.29) is 5.54 Å². The molecule has 1 aromatic heterocycles. The Labute approximate surface area is 89.5 Å². The number of hydrogen-bond acceptors (Lipinski definition) is 2. The van der Waals surface area contributed by atoms with E-state index in [2.05, 4.69) is 16.2 Å². The Morgan fingerprint density at radius 2 is 2.36 bits per heavy atom. The Hall–Kier alpha value is -0.980. The molecule has 1 N–H and O–H groups in total. The predicted molar refractivity (Wildman–Crippen MR) is 58.0 cm³/mol. The number of hydrogen-bond donors (Lipinski definition) is 1. The average molecular weight is 212 g/mol. The first-order valence-electron chi connectivity index (χ1n) is 4.35. The molecule has 0 radical (unpaired) electrons.